The van der Waals surface area contributed by atoms with E-state index in [-0.39, 0.29) is 16.3 Å². The van der Waals surface area contributed by atoms with E-state index in [0.717, 1.165) is 6.07 Å². The van der Waals surface area contributed by atoms with Gasteiger partial charge in [0.05, 0.1) is 11.6 Å². The predicted molar refractivity (Wildman–Crippen MR) is 146 cm³/mol. The zero-order valence-electron chi connectivity index (χ0n) is 20.9. The van der Waals surface area contributed by atoms with Gasteiger partial charge < -0.3 is 5.32 Å². The summed E-state index contributed by atoms with van der Waals surface area (Å²) in [5.74, 6) is -3.83. The number of hydrogen-bond acceptors (Lipinski definition) is 6. The molecule has 2 amide bonds. The van der Waals surface area contributed by atoms with Crippen molar-refractivity contribution in [2.45, 2.75) is 43.3 Å². The van der Waals surface area contributed by atoms with Crippen LogP contribution >= 0.6 is 23.5 Å². The molecule has 7 nitrogen and oxygen atoms in total. The van der Waals surface area contributed by atoms with Crippen molar-refractivity contribution in [2.75, 3.05) is 15.0 Å². The largest absolute Gasteiger partial charge is 0.351 e. The fraction of sp³-hybridized carbons (Fsp3) is 0.286. The Morgan fingerprint density at radius 1 is 1.18 bits per heavy atom. The van der Waals surface area contributed by atoms with Crippen LogP contribution in [0.25, 0.3) is 0 Å². The monoisotopic (exact) mass is 585 g/mol. The van der Waals surface area contributed by atoms with E-state index in [2.05, 4.69) is 16.4 Å². The Hall–Kier alpha value is -3.75. The van der Waals surface area contributed by atoms with Gasteiger partial charge in [0, 0.05) is 47.1 Å². The molecule has 2 fully saturated rings. The lowest BCUT2D eigenvalue weighted by Gasteiger charge is -2.39. The smallest absolute Gasteiger partial charge is 0.252 e. The fourth-order valence-corrected chi connectivity index (χ4v) is 6.23. The van der Waals surface area contributed by atoms with Gasteiger partial charge in [-0.1, -0.05) is 35.9 Å². The molecule has 206 valence electrons. The molecule has 0 bridgehead atoms. The number of rotatable bonds is 7. The maximum Gasteiger partial charge on any atom is 0.252 e. The van der Waals surface area contributed by atoms with E-state index in [9.17, 15) is 28.0 Å². The number of carbonyl (C=O) groups is 2. The van der Waals surface area contributed by atoms with Gasteiger partial charge in [-0.2, -0.15) is 5.26 Å². The number of nitriles is 1. The molecule has 40 heavy (non-hydrogen) atoms. The van der Waals surface area contributed by atoms with E-state index < -0.39 is 54.5 Å². The number of pyridine rings is 1. The number of benzene rings is 2. The van der Waals surface area contributed by atoms with Crippen molar-refractivity contribution in [3.8, 4) is 6.07 Å². The molecular weight excluding hydrogens is 563 g/mol. The lowest BCUT2D eigenvalue weighted by atomic mass is 9.87. The number of anilines is 2. The number of aromatic nitrogens is 1. The molecule has 1 aliphatic heterocycles. The van der Waals surface area contributed by atoms with Crippen LogP contribution in [0.3, 0.4) is 0 Å². The van der Waals surface area contributed by atoms with Gasteiger partial charge >= 0.3 is 0 Å². The molecule has 1 saturated carbocycles. The second-order valence-corrected chi connectivity index (χ2v) is 11.0. The molecule has 1 N–H and O–H groups in total. The third-order valence-electron chi connectivity index (χ3n) is 6.76. The summed E-state index contributed by atoms with van der Waals surface area (Å²) < 4.78 is 43.3. The minimum absolute atomic E-state index is 0.0968. The third kappa shape index (κ3) is 5.74. The zero-order valence-corrected chi connectivity index (χ0v) is 22.5. The van der Waals surface area contributed by atoms with Crippen LogP contribution in [-0.2, 0) is 9.59 Å². The second kappa shape index (κ2) is 11.4. The maximum atomic E-state index is 14.5. The molecule has 1 saturated heterocycles. The molecular formula is C28H23ClF3N5O2S. The molecule has 12 heteroatoms. The Bertz CT molecular complexity index is 1480. The van der Waals surface area contributed by atoms with Crippen LogP contribution in [0.1, 0.15) is 36.4 Å². The highest BCUT2D eigenvalue weighted by atomic mass is 35.5. The maximum absolute atomic E-state index is 14.5. The van der Waals surface area contributed by atoms with Crippen molar-refractivity contribution in [1.82, 2.24) is 10.3 Å². The Morgan fingerprint density at radius 3 is 2.65 bits per heavy atom. The van der Waals surface area contributed by atoms with Gasteiger partial charge in [-0.25, -0.2) is 18.2 Å². The molecule has 2 aromatic carbocycles. The molecule has 0 spiro atoms. The molecule has 3 aromatic rings. The standard InChI is InChI=1S/C28H23ClF3N5O2S/c29-22-7-2-1-6-21(22)25(26(38)35-19-14-28(31,32)15-19)36(20-5-3-4-18(30)13-20)27(39)23-9-11-40-37(23)24-12-17(16-33)8-10-34-24/h1-8,10,12-13,19,23,25H,9,11,14-15H2,(H,35,38)/t23?,25-/m1/s1. The van der Waals surface area contributed by atoms with Crippen molar-refractivity contribution in [2.24, 2.45) is 0 Å². The molecule has 0 radical (unpaired) electrons. The Balaban J connectivity index is 1.58. The summed E-state index contributed by atoms with van der Waals surface area (Å²) in [6.45, 7) is 0. The molecule has 2 aliphatic rings. The van der Waals surface area contributed by atoms with Crippen molar-refractivity contribution in [1.29, 1.82) is 5.26 Å². The number of halogens is 4. The normalized spacial score (nSPS) is 18.9. The van der Waals surface area contributed by atoms with Crippen LogP contribution in [0, 0.1) is 17.1 Å². The first-order valence-corrected chi connectivity index (χ1v) is 13.8. The van der Waals surface area contributed by atoms with E-state index >= 15 is 0 Å². The molecule has 2 heterocycles. The highest BCUT2D eigenvalue weighted by Crippen LogP contribution is 2.40. The molecule has 1 aliphatic carbocycles. The summed E-state index contributed by atoms with van der Waals surface area (Å²) in [6, 6.07) is 13.8. The van der Waals surface area contributed by atoms with Crippen LogP contribution in [0.4, 0.5) is 24.7 Å². The van der Waals surface area contributed by atoms with E-state index in [4.69, 9.17) is 11.6 Å². The zero-order chi connectivity index (χ0) is 28.4. The lowest BCUT2D eigenvalue weighted by Crippen LogP contribution is -2.55. The summed E-state index contributed by atoms with van der Waals surface area (Å²) in [7, 11) is 0. The second-order valence-electron chi connectivity index (χ2n) is 9.56. The van der Waals surface area contributed by atoms with Gasteiger partial charge in [-0.3, -0.25) is 18.8 Å². The minimum Gasteiger partial charge on any atom is -0.351 e. The first kappa shape index (κ1) is 27.8. The number of hydrogen-bond donors (Lipinski definition) is 1. The number of nitrogens with zero attached hydrogens (tertiary/aromatic N) is 4. The van der Waals surface area contributed by atoms with Gasteiger partial charge in [0.15, 0.2) is 0 Å². The first-order valence-electron chi connectivity index (χ1n) is 12.5. The van der Waals surface area contributed by atoms with Crippen LogP contribution in [-0.4, -0.2) is 40.6 Å². The molecule has 1 aromatic heterocycles. The predicted octanol–water partition coefficient (Wildman–Crippen LogP) is 5.66. The van der Waals surface area contributed by atoms with Gasteiger partial charge in [0.25, 0.3) is 11.8 Å². The van der Waals surface area contributed by atoms with Gasteiger partial charge in [-0.05, 0) is 54.8 Å². The van der Waals surface area contributed by atoms with Gasteiger partial charge in [-0.15, -0.1) is 0 Å². The van der Waals surface area contributed by atoms with Crippen LogP contribution in [0.15, 0.2) is 66.9 Å². The summed E-state index contributed by atoms with van der Waals surface area (Å²) >= 11 is 7.85. The minimum atomic E-state index is -2.87. The Labute approximate surface area is 238 Å². The van der Waals surface area contributed by atoms with Crippen molar-refractivity contribution in [3.05, 3.63) is 88.8 Å². The number of carbonyl (C=O) groups excluding carboxylic acids is 2. The van der Waals surface area contributed by atoms with E-state index in [0.29, 0.717) is 23.6 Å². The molecule has 1 unspecified atom stereocenters. The number of amides is 2. The number of alkyl halides is 2. The average molecular weight is 586 g/mol. The molecule has 5 rings (SSSR count). The van der Waals surface area contributed by atoms with Crippen LogP contribution < -0.4 is 14.5 Å². The van der Waals surface area contributed by atoms with E-state index in [1.807, 2.05) is 0 Å². The summed E-state index contributed by atoms with van der Waals surface area (Å²) in [6.07, 6.45) is 0.804. The van der Waals surface area contributed by atoms with Crippen molar-refractivity contribution < 1.29 is 22.8 Å². The van der Waals surface area contributed by atoms with Crippen molar-refractivity contribution >= 4 is 46.9 Å². The quantitative estimate of drug-likeness (QED) is 0.360. The SMILES string of the molecule is N#Cc1ccnc(N2SCCC2C(=O)N(c2cccc(F)c2)[C@@H](C(=O)NC2CC(F)(F)C2)c2ccccc2Cl)c1. The Morgan fingerprint density at radius 2 is 1.95 bits per heavy atom. The summed E-state index contributed by atoms with van der Waals surface area (Å²) in [5, 5.41) is 12.2. The highest BCUT2D eigenvalue weighted by Gasteiger charge is 2.48. The van der Waals surface area contributed by atoms with Crippen LogP contribution in [0.2, 0.25) is 5.02 Å². The van der Waals surface area contributed by atoms with Gasteiger partial charge in [0.2, 0.25) is 5.91 Å². The Kier molecular flexibility index (Phi) is 7.92. The first-order chi connectivity index (χ1) is 19.2. The third-order valence-corrected chi connectivity index (χ3v) is 8.24. The van der Waals surface area contributed by atoms with Crippen LogP contribution in [0.5, 0.6) is 0 Å². The topological polar surface area (TPSA) is 89.3 Å². The number of nitrogens with one attached hydrogen (secondary N) is 1. The lowest BCUT2D eigenvalue weighted by molar-refractivity contribution is -0.133. The van der Waals surface area contributed by atoms with E-state index in [1.54, 1.807) is 40.7 Å². The van der Waals surface area contributed by atoms with E-state index in [1.165, 1.54) is 41.2 Å². The summed E-state index contributed by atoms with van der Waals surface area (Å²) in [5.41, 5.74) is 0.711. The summed E-state index contributed by atoms with van der Waals surface area (Å²) in [4.78, 5) is 33.7. The fourth-order valence-electron chi connectivity index (χ4n) is 4.86. The average Bonchev–Trinajstić information content (AvgIpc) is 3.41. The highest BCUT2D eigenvalue weighted by molar-refractivity contribution is 8.01. The van der Waals surface area contributed by atoms with Crippen molar-refractivity contribution in [3.63, 3.8) is 0 Å². The van der Waals surface area contributed by atoms with Gasteiger partial charge in [0.1, 0.15) is 23.7 Å². The molecule has 2 atom stereocenters.